The van der Waals surface area contributed by atoms with E-state index in [4.69, 9.17) is 4.42 Å². The predicted octanol–water partition coefficient (Wildman–Crippen LogP) is 2.80. The fraction of sp³-hybridized carbons (Fsp3) is 0.278. The molecule has 2 aliphatic rings. The average molecular weight is 324 g/mol. The standard InChI is InChI=1S/C18H16N2O4/c21-17(15-11-1-2-12(7-11)16(15)18(22)23)20-13-5-3-10(4-6-13)14-8-19-9-24-14/h1-6,8-9,11-12,15-16H,7H2,(H,20,21)(H,22,23)/t11-,12-,15-,16-/m0/s1. The molecule has 4 rings (SSSR count). The summed E-state index contributed by atoms with van der Waals surface area (Å²) >= 11 is 0. The number of benzene rings is 1. The summed E-state index contributed by atoms with van der Waals surface area (Å²) < 4.78 is 5.22. The molecule has 0 spiro atoms. The molecule has 1 aromatic heterocycles. The Hall–Kier alpha value is -2.89. The number of hydrogen-bond donors (Lipinski definition) is 2. The van der Waals surface area contributed by atoms with Crippen LogP contribution in [0.25, 0.3) is 11.3 Å². The number of carboxylic acid groups (broad SMARTS) is 1. The number of amides is 1. The summed E-state index contributed by atoms with van der Waals surface area (Å²) in [5, 5.41) is 12.3. The first-order chi connectivity index (χ1) is 11.6. The highest BCUT2D eigenvalue weighted by atomic mass is 16.4. The smallest absolute Gasteiger partial charge is 0.307 e. The van der Waals surface area contributed by atoms with Crippen LogP contribution >= 0.6 is 0 Å². The van der Waals surface area contributed by atoms with Gasteiger partial charge in [-0.2, -0.15) is 0 Å². The molecule has 0 aliphatic heterocycles. The number of carbonyl (C=O) groups is 2. The SMILES string of the molecule is O=C(O)[C@@H]1[C@@H](C(=O)Nc2ccc(-c3cnco3)cc2)[C@H]2C=C[C@H]1C2. The molecule has 1 fully saturated rings. The molecule has 1 amide bonds. The van der Waals surface area contributed by atoms with Gasteiger partial charge >= 0.3 is 5.97 Å². The zero-order chi connectivity index (χ0) is 16.7. The molecule has 6 heteroatoms. The molecule has 2 aliphatic carbocycles. The molecule has 1 aromatic carbocycles. The van der Waals surface area contributed by atoms with E-state index in [0.29, 0.717) is 11.4 Å². The number of hydrogen-bond acceptors (Lipinski definition) is 4. The first-order valence-electron chi connectivity index (χ1n) is 7.84. The minimum Gasteiger partial charge on any atom is -0.481 e. The first-order valence-corrected chi connectivity index (χ1v) is 7.84. The van der Waals surface area contributed by atoms with Gasteiger partial charge in [0.2, 0.25) is 5.91 Å². The lowest BCUT2D eigenvalue weighted by atomic mass is 9.82. The van der Waals surface area contributed by atoms with Gasteiger partial charge in [-0.25, -0.2) is 4.98 Å². The zero-order valence-corrected chi connectivity index (χ0v) is 12.8. The molecule has 2 N–H and O–H groups in total. The van der Waals surface area contributed by atoms with E-state index in [-0.39, 0.29) is 17.7 Å². The minimum absolute atomic E-state index is 0.0181. The third-order valence-corrected chi connectivity index (χ3v) is 4.92. The number of oxazole rings is 1. The molecule has 122 valence electrons. The van der Waals surface area contributed by atoms with Gasteiger partial charge in [0, 0.05) is 11.3 Å². The van der Waals surface area contributed by atoms with E-state index < -0.39 is 17.8 Å². The van der Waals surface area contributed by atoms with Crippen molar-refractivity contribution in [2.75, 3.05) is 5.32 Å². The maximum atomic E-state index is 12.6. The van der Waals surface area contributed by atoms with Gasteiger partial charge in [0.15, 0.2) is 12.2 Å². The number of anilines is 1. The second-order valence-corrected chi connectivity index (χ2v) is 6.27. The van der Waals surface area contributed by atoms with E-state index in [1.165, 1.54) is 6.39 Å². The predicted molar refractivity (Wildman–Crippen MR) is 85.9 cm³/mol. The molecule has 2 bridgehead atoms. The van der Waals surface area contributed by atoms with Gasteiger partial charge in [0.05, 0.1) is 18.0 Å². The highest BCUT2D eigenvalue weighted by Crippen LogP contribution is 2.48. The van der Waals surface area contributed by atoms with Crippen molar-refractivity contribution in [2.24, 2.45) is 23.7 Å². The third-order valence-electron chi connectivity index (χ3n) is 4.92. The van der Waals surface area contributed by atoms with Gasteiger partial charge in [-0.3, -0.25) is 9.59 Å². The van der Waals surface area contributed by atoms with Crippen molar-refractivity contribution in [3.05, 3.63) is 49.0 Å². The average Bonchev–Trinajstić information content (AvgIpc) is 3.31. The minimum atomic E-state index is -0.896. The van der Waals surface area contributed by atoms with Crippen LogP contribution in [0.2, 0.25) is 0 Å². The molecule has 0 unspecified atom stereocenters. The number of aliphatic carboxylic acids is 1. The third kappa shape index (κ3) is 2.40. The van der Waals surface area contributed by atoms with Crippen molar-refractivity contribution >= 4 is 17.6 Å². The Morgan fingerprint density at radius 2 is 1.83 bits per heavy atom. The maximum Gasteiger partial charge on any atom is 0.307 e. The Bertz CT molecular complexity index is 795. The monoisotopic (exact) mass is 324 g/mol. The zero-order valence-electron chi connectivity index (χ0n) is 12.8. The highest BCUT2D eigenvalue weighted by molar-refractivity contribution is 5.96. The number of carboxylic acids is 1. The number of aromatic nitrogens is 1. The number of nitrogens with zero attached hydrogens (tertiary/aromatic N) is 1. The lowest BCUT2D eigenvalue weighted by Gasteiger charge is -2.23. The molecular weight excluding hydrogens is 308 g/mol. The van der Waals surface area contributed by atoms with Crippen molar-refractivity contribution in [2.45, 2.75) is 6.42 Å². The Labute approximate surface area is 138 Å². The van der Waals surface area contributed by atoms with Gasteiger partial charge in [-0.1, -0.05) is 12.2 Å². The van der Waals surface area contributed by atoms with Crippen LogP contribution in [-0.4, -0.2) is 22.0 Å². The van der Waals surface area contributed by atoms with Crippen molar-refractivity contribution in [3.63, 3.8) is 0 Å². The van der Waals surface area contributed by atoms with Crippen LogP contribution < -0.4 is 5.32 Å². The summed E-state index contributed by atoms with van der Waals surface area (Å²) in [6.07, 6.45) is 7.63. The van der Waals surface area contributed by atoms with Crippen molar-refractivity contribution < 1.29 is 19.1 Å². The summed E-state index contributed by atoms with van der Waals surface area (Å²) in [5.74, 6) is -1.63. The van der Waals surface area contributed by atoms with Gasteiger partial charge < -0.3 is 14.8 Å². The van der Waals surface area contributed by atoms with Crippen LogP contribution in [-0.2, 0) is 9.59 Å². The van der Waals surface area contributed by atoms with Crippen LogP contribution in [0, 0.1) is 23.7 Å². The van der Waals surface area contributed by atoms with Crippen LogP contribution in [0.3, 0.4) is 0 Å². The number of allylic oxidation sites excluding steroid dienone is 2. The van der Waals surface area contributed by atoms with Crippen molar-refractivity contribution in [3.8, 4) is 11.3 Å². The summed E-state index contributed by atoms with van der Waals surface area (Å²) in [7, 11) is 0. The lowest BCUT2D eigenvalue weighted by Crippen LogP contribution is -2.36. The molecule has 0 radical (unpaired) electrons. The van der Waals surface area contributed by atoms with Crippen molar-refractivity contribution in [1.82, 2.24) is 4.98 Å². The van der Waals surface area contributed by atoms with Gasteiger partial charge in [-0.15, -0.1) is 0 Å². The molecule has 24 heavy (non-hydrogen) atoms. The second-order valence-electron chi connectivity index (χ2n) is 6.27. The molecule has 6 nitrogen and oxygen atoms in total. The summed E-state index contributed by atoms with van der Waals surface area (Å²) in [6, 6.07) is 7.19. The molecule has 1 saturated carbocycles. The normalized spacial score (nSPS) is 27.3. The fourth-order valence-electron chi connectivity index (χ4n) is 3.82. The quantitative estimate of drug-likeness (QED) is 0.844. The van der Waals surface area contributed by atoms with Crippen LogP contribution in [0.15, 0.2) is 53.4 Å². The first kappa shape index (κ1) is 14.7. The van der Waals surface area contributed by atoms with E-state index in [1.54, 1.807) is 18.3 Å². The van der Waals surface area contributed by atoms with Crippen LogP contribution in [0.4, 0.5) is 5.69 Å². The Morgan fingerprint density at radius 1 is 1.12 bits per heavy atom. The topological polar surface area (TPSA) is 92.4 Å². The van der Waals surface area contributed by atoms with E-state index >= 15 is 0 Å². The van der Waals surface area contributed by atoms with Crippen molar-refractivity contribution in [1.29, 1.82) is 0 Å². The van der Waals surface area contributed by atoms with E-state index in [2.05, 4.69) is 10.3 Å². The second kappa shape index (κ2) is 5.63. The number of rotatable bonds is 4. The highest BCUT2D eigenvalue weighted by Gasteiger charge is 2.51. The Morgan fingerprint density at radius 3 is 2.46 bits per heavy atom. The van der Waals surface area contributed by atoms with Gasteiger partial charge in [0.25, 0.3) is 0 Å². The van der Waals surface area contributed by atoms with Crippen LogP contribution in [0.5, 0.6) is 0 Å². The molecule has 2 aromatic rings. The number of fused-ring (bicyclic) bond motifs is 2. The van der Waals surface area contributed by atoms with E-state index in [0.717, 1.165) is 12.0 Å². The van der Waals surface area contributed by atoms with Crippen LogP contribution in [0.1, 0.15) is 6.42 Å². The Kier molecular flexibility index (Phi) is 3.45. The van der Waals surface area contributed by atoms with E-state index in [1.807, 2.05) is 24.3 Å². The summed E-state index contributed by atoms with van der Waals surface area (Å²) in [5.41, 5.74) is 1.50. The Balaban J connectivity index is 1.50. The molecule has 1 heterocycles. The molecule has 4 atom stereocenters. The summed E-state index contributed by atoms with van der Waals surface area (Å²) in [4.78, 5) is 28.0. The maximum absolute atomic E-state index is 12.6. The van der Waals surface area contributed by atoms with Gasteiger partial charge in [-0.05, 0) is 42.5 Å². The largest absolute Gasteiger partial charge is 0.481 e. The number of nitrogens with one attached hydrogen (secondary N) is 1. The summed E-state index contributed by atoms with van der Waals surface area (Å²) in [6.45, 7) is 0. The fourth-order valence-corrected chi connectivity index (χ4v) is 3.82. The number of carbonyl (C=O) groups excluding carboxylic acids is 1. The molecular formula is C18H16N2O4. The van der Waals surface area contributed by atoms with Gasteiger partial charge in [0.1, 0.15) is 0 Å². The lowest BCUT2D eigenvalue weighted by molar-refractivity contribution is -0.146. The van der Waals surface area contributed by atoms with E-state index in [9.17, 15) is 14.7 Å². The molecule has 0 saturated heterocycles.